The Morgan fingerprint density at radius 2 is 1.95 bits per heavy atom. The summed E-state index contributed by atoms with van der Waals surface area (Å²) in [5.41, 5.74) is 9.68. The molecule has 1 aliphatic rings. The fourth-order valence-corrected chi connectivity index (χ4v) is 5.69. The van der Waals surface area contributed by atoms with Crippen LogP contribution in [0.1, 0.15) is 23.6 Å². The molecule has 0 aliphatic carbocycles. The summed E-state index contributed by atoms with van der Waals surface area (Å²) in [6.07, 6.45) is 3.43. The van der Waals surface area contributed by atoms with Crippen LogP contribution in [-0.2, 0) is 22.5 Å². The van der Waals surface area contributed by atoms with Crippen molar-refractivity contribution in [3.8, 4) is 28.8 Å². The van der Waals surface area contributed by atoms with Gasteiger partial charge in [0.15, 0.2) is 11.5 Å². The zero-order chi connectivity index (χ0) is 28.4. The largest absolute Gasteiger partial charge is 0.493 e. The third kappa shape index (κ3) is 4.76. The van der Waals surface area contributed by atoms with Crippen molar-refractivity contribution >= 4 is 40.4 Å². The minimum absolute atomic E-state index is 0.235. The van der Waals surface area contributed by atoms with Crippen molar-refractivity contribution in [3.05, 3.63) is 75.6 Å². The first-order chi connectivity index (χ1) is 19.4. The van der Waals surface area contributed by atoms with E-state index in [9.17, 15) is 14.9 Å². The van der Waals surface area contributed by atoms with E-state index in [1.54, 1.807) is 42.9 Å². The molecule has 0 spiro atoms. The van der Waals surface area contributed by atoms with Crippen molar-refractivity contribution in [1.82, 2.24) is 9.55 Å². The van der Waals surface area contributed by atoms with Crippen molar-refractivity contribution in [2.45, 2.75) is 29.8 Å². The molecule has 0 fully saturated rings. The number of carbonyl (C=O) groups is 1. The van der Waals surface area contributed by atoms with Crippen molar-refractivity contribution in [2.75, 3.05) is 26.6 Å². The number of ether oxygens (including phenoxy) is 3. The Morgan fingerprint density at radius 1 is 1.20 bits per heavy atom. The Bertz CT molecular complexity index is 1790. The molecule has 0 unspecified atom stereocenters. The Labute approximate surface area is 234 Å². The number of carbonyl (C=O) groups excluding carboxylic acids is 1. The van der Waals surface area contributed by atoms with Crippen LogP contribution < -0.4 is 20.8 Å². The van der Waals surface area contributed by atoms with E-state index in [0.717, 1.165) is 10.5 Å². The van der Waals surface area contributed by atoms with Crippen LogP contribution in [0.5, 0.6) is 11.5 Å². The van der Waals surface area contributed by atoms with E-state index in [4.69, 9.17) is 24.9 Å². The highest BCUT2D eigenvalue weighted by Crippen LogP contribution is 2.41. The number of nitrogens with two attached hydrogens (primary N) is 1. The third-order valence-corrected chi connectivity index (χ3v) is 7.74. The molecular weight excluding hydrogens is 528 g/mol. The van der Waals surface area contributed by atoms with Crippen LogP contribution >= 0.6 is 11.8 Å². The maximum Gasteiger partial charge on any atom is 0.330 e. The first kappa shape index (κ1) is 26.8. The number of nitrogens with zero attached hydrogens (tertiary/aromatic N) is 3. The van der Waals surface area contributed by atoms with Gasteiger partial charge < -0.3 is 24.5 Å². The number of aryl methyl sites for hydroxylation is 1. The molecule has 3 heterocycles. The number of hydrogen-bond acceptors (Lipinski definition) is 9. The molecule has 2 aromatic heterocycles. The summed E-state index contributed by atoms with van der Waals surface area (Å²) in [6, 6.07) is 15.0. The molecule has 5 rings (SSSR count). The van der Waals surface area contributed by atoms with E-state index in [-0.39, 0.29) is 28.6 Å². The molecule has 2 aromatic carbocycles. The third-order valence-electron chi connectivity index (χ3n) is 6.63. The van der Waals surface area contributed by atoms with Crippen molar-refractivity contribution in [2.24, 2.45) is 0 Å². The zero-order valence-electron chi connectivity index (χ0n) is 22.2. The topological polar surface area (TPSA) is 129 Å². The highest BCUT2D eigenvalue weighted by Gasteiger charge is 2.27. The molecule has 2 N–H and O–H groups in total. The van der Waals surface area contributed by atoms with Crippen molar-refractivity contribution in [3.63, 3.8) is 0 Å². The zero-order valence-corrected chi connectivity index (χ0v) is 23.0. The summed E-state index contributed by atoms with van der Waals surface area (Å²) < 4.78 is 17.6. The Kier molecular flexibility index (Phi) is 7.49. The lowest BCUT2D eigenvalue weighted by Gasteiger charge is -2.25. The monoisotopic (exact) mass is 554 g/mol. The lowest BCUT2D eigenvalue weighted by molar-refractivity contribution is -0.137. The fraction of sp³-hybridized carbons (Fsp3) is 0.200. The molecule has 0 radical (unpaired) electrons. The van der Waals surface area contributed by atoms with Crippen LogP contribution in [0.25, 0.3) is 28.2 Å². The summed E-state index contributed by atoms with van der Waals surface area (Å²) in [4.78, 5) is 31.5. The summed E-state index contributed by atoms with van der Waals surface area (Å²) in [7, 11) is 3.10. The molecule has 9 nitrogen and oxygen atoms in total. The maximum atomic E-state index is 13.9. The summed E-state index contributed by atoms with van der Waals surface area (Å²) in [5.74, 6) is 0.555. The first-order valence-electron chi connectivity index (χ1n) is 12.5. The Hall–Kier alpha value is -4.75. The molecular formula is C30H26N4O5S. The van der Waals surface area contributed by atoms with Gasteiger partial charge in [-0.2, -0.15) is 5.26 Å². The van der Waals surface area contributed by atoms with Gasteiger partial charge in [-0.05, 0) is 55.3 Å². The van der Waals surface area contributed by atoms with E-state index >= 15 is 0 Å². The summed E-state index contributed by atoms with van der Waals surface area (Å²) in [6.45, 7) is 2.34. The number of pyridine rings is 2. The average molecular weight is 555 g/mol. The minimum Gasteiger partial charge on any atom is -0.493 e. The van der Waals surface area contributed by atoms with E-state index in [1.165, 1.54) is 24.9 Å². The molecule has 0 bridgehead atoms. The molecule has 0 amide bonds. The van der Waals surface area contributed by atoms with Gasteiger partial charge in [0.25, 0.3) is 5.56 Å². The molecule has 202 valence electrons. The van der Waals surface area contributed by atoms with Crippen molar-refractivity contribution in [1.29, 1.82) is 5.26 Å². The molecule has 0 atom stereocenters. The van der Waals surface area contributed by atoms with Gasteiger partial charge in [-0.3, -0.25) is 4.79 Å². The fourth-order valence-electron chi connectivity index (χ4n) is 4.77. The molecule has 4 aromatic rings. The predicted octanol–water partition coefficient (Wildman–Crippen LogP) is 4.82. The first-order valence-corrected chi connectivity index (χ1v) is 13.4. The second-order valence-corrected chi connectivity index (χ2v) is 9.94. The Morgan fingerprint density at radius 3 is 2.65 bits per heavy atom. The van der Waals surface area contributed by atoms with Crippen LogP contribution in [0.3, 0.4) is 0 Å². The average Bonchev–Trinajstić information content (AvgIpc) is 2.97. The standard InChI is InChI=1S/C30H26N4O5S/c1-4-39-26(35)10-9-18-13-20-27(33-29(18)40-25-8-6-5-7-22(25)32)21(16-31)28-19-15-24(38-3)23(37-2)14-17(19)11-12-34(28)30(20)36/h5-10,13-15H,4,11-12,32H2,1-3H3/b10-9+. The number of aromatic nitrogens is 2. The summed E-state index contributed by atoms with van der Waals surface area (Å²) >= 11 is 1.29. The van der Waals surface area contributed by atoms with Crippen LogP contribution in [0.4, 0.5) is 5.69 Å². The van der Waals surface area contributed by atoms with Gasteiger partial charge >= 0.3 is 5.97 Å². The quantitative estimate of drug-likeness (QED) is 0.194. The molecule has 10 heteroatoms. The van der Waals surface area contributed by atoms with Gasteiger partial charge in [-0.25, -0.2) is 9.78 Å². The van der Waals surface area contributed by atoms with E-state index in [2.05, 4.69) is 6.07 Å². The summed E-state index contributed by atoms with van der Waals surface area (Å²) in [5, 5.41) is 11.2. The Balaban J connectivity index is 1.79. The van der Waals surface area contributed by atoms with E-state index in [0.29, 0.717) is 52.0 Å². The maximum absolute atomic E-state index is 13.9. The predicted molar refractivity (Wildman–Crippen MR) is 154 cm³/mol. The lowest BCUT2D eigenvalue weighted by atomic mass is 9.92. The number of nitriles is 1. The highest BCUT2D eigenvalue weighted by atomic mass is 32.2. The number of hydrogen-bond donors (Lipinski definition) is 1. The van der Waals surface area contributed by atoms with Gasteiger partial charge in [0, 0.05) is 34.3 Å². The van der Waals surface area contributed by atoms with E-state index < -0.39 is 5.97 Å². The molecule has 0 saturated carbocycles. The van der Waals surface area contributed by atoms with Crippen molar-refractivity contribution < 1.29 is 19.0 Å². The van der Waals surface area contributed by atoms with Crippen LogP contribution in [0.2, 0.25) is 0 Å². The van der Waals surface area contributed by atoms with Gasteiger partial charge in [0.2, 0.25) is 0 Å². The number of fused-ring (bicyclic) bond motifs is 4. The minimum atomic E-state index is -0.515. The smallest absolute Gasteiger partial charge is 0.330 e. The van der Waals surface area contributed by atoms with E-state index in [1.807, 2.05) is 24.3 Å². The number of esters is 1. The van der Waals surface area contributed by atoms with Gasteiger partial charge in [0.1, 0.15) is 16.7 Å². The van der Waals surface area contributed by atoms with Crippen LogP contribution in [-0.4, -0.2) is 36.3 Å². The number of nitrogen functional groups attached to an aromatic ring is 1. The normalized spacial score (nSPS) is 12.1. The van der Waals surface area contributed by atoms with Crippen LogP contribution in [0.15, 0.2) is 63.3 Å². The number of methoxy groups -OCH3 is 2. The highest BCUT2D eigenvalue weighted by molar-refractivity contribution is 7.99. The molecule has 40 heavy (non-hydrogen) atoms. The van der Waals surface area contributed by atoms with Crippen LogP contribution in [0, 0.1) is 11.3 Å². The molecule has 0 saturated heterocycles. The van der Waals surface area contributed by atoms with Gasteiger partial charge in [-0.15, -0.1) is 0 Å². The second-order valence-electron chi connectivity index (χ2n) is 8.91. The van der Waals surface area contributed by atoms with Gasteiger partial charge in [0.05, 0.1) is 37.4 Å². The SMILES string of the molecule is CCOC(=O)/C=C/c1cc2c(=O)n3c(c(C#N)c2nc1Sc1ccccc1N)-c1cc(OC)c(OC)cc1CC3. The number of benzene rings is 2. The van der Waals surface area contributed by atoms with Gasteiger partial charge in [-0.1, -0.05) is 23.9 Å². The number of anilines is 1. The molecule has 1 aliphatic heterocycles. The second kappa shape index (κ2) is 11.2. The number of rotatable bonds is 7. The lowest BCUT2D eigenvalue weighted by Crippen LogP contribution is -2.28. The number of para-hydroxylation sites is 1.